The van der Waals surface area contributed by atoms with Crippen LogP contribution in [0, 0.1) is 20.8 Å². The highest BCUT2D eigenvalue weighted by Gasteiger charge is 2.62. The molecular weight excluding hydrogens is 603 g/mol. The minimum absolute atomic E-state index is 0.0168. The van der Waals surface area contributed by atoms with E-state index in [1.165, 1.54) is 109 Å². The number of hydrogen-bond acceptors (Lipinski definition) is 2. The van der Waals surface area contributed by atoms with E-state index in [1.807, 2.05) is 0 Å². The summed E-state index contributed by atoms with van der Waals surface area (Å²) in [7, 11) is 0. The van der Waals surface area contributed by atoms with Crippen molar-refractivity contribution in [2.24, 2.45) is 0 Å². The molecule has 2 nitrogen and oxygen atoms in total. The third-order valence-electron chi connectivity index (χ3n) is 13.0. The average Bonchev–Trinajstić information content (AvgIpc) is 3.35. The Morgan fingerprint density at radius 3 is 1.96 bits per heavy atom. The van der Waals surface area contributed by atoms with Gasteiger partial charge in [0.05, 0.1) is 5.54 Å². The molecule has 3 heteroatoms. The molecule has 0 radical (unpaired) electrons. The highest BCUT2D eigenvalue weighted by molar-refractivity contribution is 7.00. The van der Waals surface area contributed by atoms with E-state index in [9.17, 15) is 0 Å². The number of anilines is 5. The number of aryl methyl sites for hydroxylation is 3. The number of rotatable bonds is 3. The second-order valence-electron chi connectivity index (χ2n) is 15.8. The summed E-state index contributed by atoms with van der Waals surface area (Å²) < 4.78 is 0. The molecule has 1 fully saturated rings. The van der Waals surface area contributed by atoms with Crippen LogP contribution < -0.4 is 26.2 Å². The van der Waals surface area contributed by atoms with Gasteiger partial charge in [-0.15, -0.1) is 0 Å². The summed E-state index contributed by atoms with van der Waals surface area (Å²) in [4.78, 5) is 5.45. The van der Waals surface area contributed by atoms with Crippen LogP contribution in [0.2, 0.25) is 0 Å². The van der Waals surface area contributed by atoms with E-state index in [-0.39, 0.29) is 17.7 Å². The van der Waals surface area contributed by atoms with Gasteiger partial charge in [-0.2, -0.15) is 0 Å². The molecular formula is C47H43BN2. The smallest absolute Gasteiger partial charge is 0.252 e. The van der Waals surface area contributed by atoms with E-state index in [0.29, 0.717) is 0 Å². The number of hydrogen-bond donors (Lipinski definition) is 0. The van der Waals surface area contributed by atoms with Crippen LogP contribution in [0.3, 0.4) is 0 Å². The monoisotopic (exact) mass is 646 g/mol. The predicted molar refractivity (Wildman–Crippen MR) is 214 cm³/mol. The second-order valence-corrected chi connectivity index (χ2v) is 15.8. The Kier molecular flexibility index (Phi) is 6.27. The van der Waals surface area contributed by atoms with Gasteiger partial charge in [-0.25, -0.2) is 0 Å². The molecule has 3 aliphatic heterocycles. The molecule has 244 valence electrons. The molecule has 4 aliphatic rings. The van der Waals surface area contributed by atoms with E-state index in [0.717, 1.165) is 0 Å². The fourth-order valence-corrected chi connectivity index (χ4v) is 10.7. The summed E-state index contributed by atoms with van der Waals surface area (Å²) in [5, 5.41) is 0. The maximum atomic E-state index is 2.86. The Labute approximate surface area is 297 Å². The van der Waals surface area contributed by atoms with Crippen LogP contribution in [0.4, 0.5) is 28.4 Å². The van der Waals surface area contributed by atoms with Gasteiger partial charge in [0.25, 0.3) is 6.71 Å². The van der Waals surface area contributed by atoms with Crippen LogP contribution >= 0.6 is 0 Å². The van der Waals surface area contributed by atoms with Crippen LogP contribution in [-0.4, -0.2) is 12.3 Å². The largest absolute Gasteiger partial charge is 0.335 e. The lowest BCUT2D eigenvalue weighted by molar-refractivity contribution is 0.194. The molecule has 0 saturated heterocycles. The molecule has 0 aromatic heterocycles. The topological polar surface area (TPSA) is 6.48 Å². The molecule has 1 aliphatic carbocycles. The van der Waals surface area contributed by atoms with Crippen molar-refractivity contribution in [3.63, 3.8) is 0 Å². The van der Waals surface area contributed by atoms with Gasteiger partial charge in [0.15, 0.2) is 0 Å². The quantitative estimate of drug-likeness (QED) is 0.176. The van der Waals surface area contributed by atoms with Crippen molar-refractivity contribution in [1.29, 1.82) is 0 Å². The van der Waals surface area contributed by atoms with Gasteiger partial charge in [-0.3, -0.25) is 0 Å². The van der Waals surface area contributed by atoms with Gasteiger partial charge in [-0.1, -0.05) is 116 Å². The van der Waals surface area contributed by atoms with E-state index < -0.39 is 0 Å². The van der Waals surface area contributed by atoms with Crippen LogP contribution in [0.25, 0.3) is 22.3 Å². The first kappa shape index (κ1) is 29.9. The Hall–Kier alpha value is -5.02. The Bertz CT molecular complexity index is 2360. The van der Waals surface area contributed by atoms with E-state index in [4.69, 9.17) is 0 Å². The van der Waals surface area contributed by atoms with Crippen molar-refractivity contribution < 1.29 is 0 Å². The van der Waals surface area contributed by atoms with Crippen LogP contribution in [0.15, 0.2) is 121 Å². The number of nitrogens with zero attached hydrogens (tertiary/aromatic N) is 2. The van der Waals surface area contributed by atoms with Crippen molar-refractivity contribution >= 4 is 51.5 Å². The summed E-state index contributed by atoms with van der Waals surface area (Å²) in [5.74, 6) is 0. The van der Waals surface area contributed by atoms with Crippen molar-refractivity contribution in [1.82, 2.24) is 0 Å². The second kappa shape index (κ2) is 10.5. The van der Waals surface area contributed by atoms with Crippen molar-refractivity contribution in [2.45, 2.75) is 71.3 Å². The highest BCUT2D eigenvalue weighted by Crippen LogP contribution is 2.62. The Balaban J connectivity index is 1.31. The van der Waals surface area contributed by atoms with Gasteiger partial charge in [0.1, 0.15) is 0 Å². The molecule has 0 bridgehead atoms. The van der Waals surface area contributed by atoms with Gasteiger partial charge in [-0.05, 0) is 126 Å². The summed E-state index contributed by atoms with van der Waals surface area (Å²) in [6.07, 6.45) is 5.03. The van der Waals surface area contributed by atoms with Crippen molar-refractivity contribution in [2.75, 3.05) is 9.80 Å². The first-order valence-corrected chi connectivity index (χ1v) is 18.5. The lowest BCUT2D eigenvalue weighted by atomic mass is 9.32. The zero-order valence-corrected chi connectivity index (χ0v) is 29.8. The zero-order valence-electron chi connectivity index (χ0n) is 29.8. The molecule has 6 aromatic carbocycles. The molecule has 1 saturated carbocycles. The lowest BCUT2D eigenvalue weighted by Gasteiger charge is -2.53. The molecule has 0 amide bonds. The van der Waals surface area contributed by atoms with Gasteiger partial charge in [0, 0.05) is 33.9 Å². The predicted octanol–water partition coefficient (Wildman–Crippen LogP) is 10.3. The molecule has 2 atom stereocenters. The van der Waals surface area contributed by atoms with Crippen LogP contribution in [-0.2, 0) is 5.41 Å². The first-order valence-electron chi connectivity index (χ1n) is 18.5. The Morgan fingerprint density at radius 2 is 1.22 bits per heavy atom. The fraction of sp³-hybridized carbons (Fsp3) is 0.234. The molecule has 0 spiro atoms. The summed E-state index contributed by atoms with van der Waals surface area (Å²) in [5.41, 5.74) is 22.0. The minimum Gasteiger partial charge on any atom is -0.335 e. The van der Waals surface area contributed by atoms with E-state index in [2.05, 4.69) is 166 Å². The average molecular weight is 647 g/mol. The molecule has 0 N–H and O–H groups in total. The summed E-state index contributed by atoms with van der Waals surface area (Å²) in [6, 6.07) is 45.6. The molecule has 6 aromatic rings. The standard InChI is InChI=1S/C47H43BN2/c1-30-25-40-44-41(26-30)50-45-42(46(4)23-12-13-24-47(46,50)5)31(2)27-32(3)43(45)48(44)38-22-21-36(34-17-10-7-11-18-34)29-39(38)49(40)37-20-14-19-35(28-37)33-15-8-6-9-16-33/h6-11,14-22,25-29H,12-13,23-24H2,1-5H3. The third kappa shape index (κ3) is 3.87. The van der Waals surface area contributed by atoms with Crippen LogP contribution in [0.1, 0.15) is 61.8 Å². The van der Waals surface area contributed by atoms with E-state index in [1.54, 1.807) is 5.56 Å². The molecule has 50 heavy (non-hydrogen) atoms. The minimum atomic E-state index is 0.0168. The summed E-state index contributed by atoms with van der Waals surface area (Å²) >= 11 is 0. The number of benzene rings is 6. The summed E-state index contributed by atoms with van der Waals surface area (Å²) in [6.45, 7) is 12.4. The van der Waals surface area contributed by atoms with Gasteiger partial charge < -0.3 is 9.80 Å². The third-order valence-corrected chi connectivity index (χ3v) is 13.0. The first-order chi connectivity index (χ1) is 24.3. The van der Waals surface area contributed by atoms with Gasteiger partial charge in [0.2, 0.25) is 0 Å². The Morgan fingerprint density at radius 1 is 0.560 bits per heavy atom. The highest BCUT2D eigenvalue weighted by atomic mass is 15.3. The normalized spacial score (nSPS) is 21.0. The number of fused-ring (bicyclic) bond motifs is 7. The van der Waals surface area contributed by atoms with Crippen molar-refractivity contribution in [3.05, 3.63) is 144 Å². The molecule has 3 heterocycles. The maximum Gasteiger partial charge on any atom is 0.252 e. The molecule has 10 rings (SSSR count). The fourth-order valence-electron chi connectivity index (χ4n) is 10.7. The van der Waals surface area contributed by atoms with Crippen molar-refractivity contribution in [3.8, 4) is 22.3 Å². The van der Waals surface area contributed by atoms with Crippen LogP contribution in [0.5, 0.6) is 0 Å². The van der Waals surface area contributed by atoms with Gasteiger partial charge >= 0.3 is 0 Å². The maximum absolute atomic E-state index is 2.86. The molecule has 2 unspecified atom stereocenters. The SMILES string of the molecule is Cc1cc2c3c(c1)N1c4c(c(C)cc(C)c4C4(C)CCCCC14C)B3c1ccc(-c3ccccc3)cc1N2c1cccc(-c2ccccc2)c1. The van der Waals surface area contributed by atoms with E-state index >= 15 is 0 Å². The zero-order chi connectivity index (χ0) is 33.9. The lowest BCUT2D eigenvalue weighted by Crippen LogP contribution is -2.65.